The van der Waals surface area contributed by atoms with Crippen LogP contribution in [0.4, 0.5) is 0 Å². The molecule has 0 spiro atoms. The zero-order valence-corrected chi connectivity index (χ0v) is 13.2. The topological polar surface area (TPSA) is 59.7 Å². The molecule has 3 heterocycles. The van der Waals surface area contributed by atoms with E-state index in [1.807, 2.05) is 10.6 Å². The summed E-state index contributed by atoms with van der Waals surface area (Å²) >= 11 is 0. The van der Waals surface area contributed by atoms with Gasteiger partial charge < -0.3 is 9.64 Å². The highest BCUT2D eigenvalue weighted by molar-refractivity contribution is 5.90. The third kappa shape index (κ3) is 2.97. The molecule has 1 aliphatic rings. The number of carbonyl (C=O) groups is 1. The van der Waals surface area contributed by atoms with Crippen LogP contribution in [0.1, 0.15) is 35.9 Å². The molecule has 6 heteroatoms. The maximum Gasteiger partial charge on any atom is 0.338 e. The minimum atomic E-state index is -0.348. The van der Waals surface area contributed by atoms with Crippen LogP contribution in [-0.2, 0) is 11.2 Å². The Kier molecular flexibility index (Phi) is 4.38. The normalized spacial score (nSPS) is 17.0. The molecule has 118 valence electrons. The number of fused-ring (bicyclic) bond motifs is 1. The van der Waals surface area contributed by atoms with Gasteiger partial charge in [-0.3, -0.25) is 4.40 Å². The first-order valence-corrected chi connectivity index (χ1v) is 7.85. The maximum absolute atomic E-state index is 11.6. The number of carbonyl (C=O) groups excluding carboxylic acids is 1. The molecule has 6 nitrogen and oxygen atoms in total. The van der Waals surface area contributed by atoms with Gasteiger partial charge in [0.2, 0.25) is 0 Å². The first-order valence-electron chi connectivity index (χ1n) is 7.85. The Morgan fingerprint density at radius 2 is 2.14 bits per heavy atom. The van der Waals surface area contributed by atoms with Crippen molar-refractivity contribution in [3.05, 3.63) is 29.7 Å². The number of esters is 1. The summed E-state index contributed by atoms with van der Waals surface area (Å²) < 4.78 is 6.70. The van der Waals surface area contributed by atoms with Crippen LogP contribution in [0.5, 0.6) is 0 Å². The summed E-state index contributed by atoms with van der Waals surface area (Å²) in [5, 5.41) is 8.49. The lowest BCUT2D eigenvalue weighted by Gasteiger charge is -2.30. The molecule has 3 rings (SSSR count). The number of likely N-dealkylation sites (tertiary alicyclic amines) is 1. The largest absolute Gasteiger partial charge is 0.465 e. The van der Waals surface area contributed by atoms with Gasteiger partial charge in [-0.05, 0) is 50.5 Å². The van der Waals surface area contributed by atoms with Crippen LogP contribution in [0, 0.1) is 5.92 Å². The van der Waals surface area contributed by atoms with E-state index in [0.717, 1.165) is 18.8 Å². The Morgan fingerprint density at radius 3 is 2.82 bits per heavy atom. The van der Waals surface area contributed by atoms with Gasteiger partial charge in [0.05, 0.1) is 12.7 Å². The summed E-state index contributed by atoms with van der Waals surface area (Å²) in [6.07, 6.45) is 5.22. The van der Waals surface area contributed by atoms with Crippen molar-refractivity contribution < 1.29 is 9.53 Å². The van der Waals surface area contributed by atoms with Gasteiger partial charge >= 0.3 is 5.97 Å². The van der Waals surface area contributed by atoms with Crippen LogP contribution in [0.15, 0.2) is 18.3 Å². The third-order valence-electron chi connectivity index (χ3n) is 4.53. The van der Waals surface area contributed by atoms with Crippen molar-refractivity contribution in [3.63, 3.8) is 0 Å². The second kappa shape index (κ2) is 6.44. The number of aromatic nitrogens is 3. The molecule has 22 heavy (non-hydrogen) atoms. The number of piperidine rings is 1. The van der Waals surface area contributed by atoms with Gasteiger partial charge in [0.15, 0.2) is 5.65 Å². The molecule has 0 amide bonds. The van der Waals surface area contributed by atoms with E-state index in [4.69, 9.17) is 4.74 Å². The number of nitrogens with zero attached hydrogens (tertiary/aromatic N) is 4. The molecule has 0 atom stereocenters. The third-order valence-corrected chi connectivity index (χ3v) is 4.53. The Hall–Kier alpha value is -1.95. The fraction of sp³-hybridized carbons (Fsp3) is 0.562. The van der Waals surface area contributed by atoms with Crippen LogP contribution < -0.4 is 0 Å². The van der Waals surface area contributed by atoms with E-state index in [-0.39, 0.29) is 5.97 Å². The highest BCUT2D eigenvalue weighted by Gasteiger charge is 2.20. The van der Waals surface area contributed by atoms with Crippen molar-refractivity contribution in [3.8, 4) is 0 Å². The Balaban J connectivity index is 1.74. The van der Waals surface area contributed by atoms with Crippen LogP contribution in [0.25, 0.3) is 5.65 Å². The average molecular weight is 302 g/mol. The molecule has 0 N–H and O–H groups in total. The van der Waals surface area contributed by atoms with Gasteiger partial charge in [0, 0.05) is 12.6 Å². The molecule has 2 aromatic heterocycles. The SMILES string of the molecule is CCN1CCC(Cc2nnc3cc(C(=O)OC)ccn23)CC1. The summed E-state index contributed by atoms with van der Waals surface area (Å²) in [5.74, 6) is 1.29. The second-order valence-electron chi connectivity index (χ2n) is 5.83. The van der Waals surface area contributed by atoms with Gasteiger partial charge in [0.25, 0.3) is 0 Å². The van der Waals surface area contributed by atoms with E-state index in [0.29, 0.717) is 17.1 Å². The molecule has 2 aromatic rings. The predicted octanol–water partition coefficient (Wildman–Crippen LogP) is 1.79. The van der Waals surface area contributed by atoms with E-state index >= 15 is 0 Å². The van der Waals surface area contributed by atoms with E-state index in [1.54, 1.807) is 12.1 Å². The maximum atomic E-state index is 11.6. The monoisotopic (exact) mass is 302 g/mol. The molecule has 0 radical (unpaired) electrons. The Labute approximate surface area is 130 Å². The van der Waals surface area contributed by atoms with Gasteiger partial charge in [-0.15, -0.1) is 10.2 Å². The summed E-state index contributed by atoms with van der Waals surface area (Å²) in [5.41, 5.74) is 1.20. The standard InChI is InChI=1S/C16H22N4O2/c1-3-19-7-4-12(5-8-19)10-14-17-18-15-11-13(16(21)22-2)6-9-20(14)15/h6,9,11-12H,3-5,7-8,10H2,1-2H3. The predicted molar refractivity (Wildman–Crippen MR) is 82.9 cm³/mol. The number of rotatable bonds is 4. The van der Waals surface area contributed by atoms with Gasteiger partial charge in [-0.1, -0.05) is 6.92 Å². The lowest BCUT2D eigenvalue weighted by molar-refractivity contribution is 0.0600. The fourth-order valence-electron chi connectivity index (χ4n) is 3.09. The lowest BCUT2D eigenvalue weighted by atomic mass is 9.93. The molecule has 0 unspecified atom stereocenters. The van der Waals surface area contributed by atoms with E-state index in [2.05, 4.69) is 22.0 Å². The first-order chi connectivity index (χ1) is 10.7. The smallest absolute Gasteiger partial charge is 0.338 e. The molecule has 0 saturated carbocycles. The molecule has 1 fully saturated rings. The zero-order chi connectivity index (χ0) is 15.5. The minimum Gasteiger partial charge on any atom is -0.465 e. The quantitative estimate of drug-likeness (QED) is 0.806. The number of hydrogen-bond acceptors (Lipinski definition) is 5. The molecule has 1 saturated heterocycles. The zero-order valence-electron chi connectivity index (χ0n) is 13.2. The number of hydrogen-bond donors (Lipinski definition) is 0. The molecular weight excluding hydrogens is 280 g/mol. The minimum absolute atomic E-state index is 0.348. The van der Waals surface area contributed by atoms with Crippen molar-refractivity contribution in [2.75, 3.05) is 26.7 Å². The van der Waals surface area contributed by atoms with Crippen molar-refractivity contribution >= 4 is 11.6 Å². The second-order valence-corrected chi connectivity index (χ2v) is 5.83. The number of ether oxygens (including phenoxy) is 1. The van der Waals surface area contributed by atoms with Gasteiger partial charge in [0.1, 0.15) is 5.82 Å². The highest BCUT2D eigenvalue weighted by atomic mass is 16.5. The van der Waals surface area contributed by atoms with E-state index in [1.165, 1.54) is 33.0 Å². The molecule has 0 aromatic carbocycles. The summed E-state index contributed by atoms with van der Waals surface area (Å²) in [6.45, 7) is 5.69. The molecule has 0 aliphatic carbocycles. The van der Waals surface area contributed by atoms with Crippen LogP contribution >= 0.6 is 0 Å². The molecule has 0 bridgehead atoms. The average Bonchev–Trinajstić information content (AvgIpc) is 2.97. The Bertz CT molecular complexity index is 659. The summed E-state index contributed by atoms with van der Waals surface area (Å²) in [4.78, 5) is 14.0. The number of pyridine rings is 1. The van der Waals surface area contributed by atoms with Crippen molar-refractivity contribution in [2.45, 2.75) is 26.2 Å². The molecule has 1 aliphatic heterocycles. The molecular formula is C16H22N4O2. The first kappa shape index (κ1) is 15.0. The van der Waals surface area contributed by atoms with E-state index < -0.39 is 0 Å². The Morgan fingerprint density at radius 1 is 1.36 bits per heavy atom. The van der Waals surface area contributed by atoms with Crippen LogP contribution in [-0.4, -0.2) is 52.2 Å². The van der Waals surface area contributed by atoms with Gasteiger partial charge in [-0.2, -0.15) is 0 Å². The van der Waals surface area contributed by atoms with Crippen LogP contribution in [0.2, 0.25) is 0 Å². The number of methoxy groups -OCH3 is 1. The lowest BCUT2D eigenvalue weighted by Crippen LogP contribution is -2.34. The van der Waals surface area contributed by atoms with Crippen molar-refractivity contribution in [2.24, 2.45) is 5.92 Å². The van der Waals surface area contributed by atoms with Crippen LogP contribution in [0.3, 0.4) is 0 Å². The summed E-state index contributed by atoms with van der Waals surface area (Å²) in [6, 6.07) is 3.48. The summed E-state index contributed by atoms with van der Waals surface area (Å²) in [7, 11) is 1.38. The van der Waals surface area contributed by atoms with E-state index in [9.17, 15) is 4.79 Å². The van der Waals surface area contributed by atoms with Crippen molar-refractivity contribution in [1.29, 1.82) is 0 Å². The van der Waals surface area contributed by atoms with Gasteiger partial charge in [-0.25, -0.2) is 4.79 Å². The fourth-order valence-corrected chi connectivity index (χ4v) is 3.09. The van der Waals surface area contributed by atoms with Crippen molar-refractivity contribution in [1.82, 2.24) is 19.5 Å². The highest BCUT2D eigenvalue weighted by Crippen LogP contribution is 2.21.